The largest absolute Gasteiger partial charge is 0.569 e. The minimum atomic E-state index is -4.72. The van der Waals surface area contributed by atoms with E-state index in [1.54, 1.807) is 35.9 Å². The number of rotatable bonds is 12. The number of likely N-dealkylation sites (N-methyl/N-ethyl adjacent to an activating group) is 1. The van der Waals surface area contributed by atoms with E-state index >= 15 is 0 Å². The molecule has 3 aromatic rings. The molecule has 0 radical (unpaired) electrons. The van der Waals surface area contributed by atoms with Gasteiger partial charge in [0.25, 0.3) is 16.8 Å². The van der Waals surface area contributed by atoms with Crippen LogP contribution in [-0.4, -0.2) is 66.7 Å². The third-order valence-corrected chi connectivity index (χ3v) is 7.34. The number of hydrogen-bond acceptors (Lipinski definition) is 10. The highest BCUT2D eigenvalue weighted by atomic mass is 32.2. The molecule has 0 aliphatic rings. The third kappa shape index (κ3) is 8.82. The van der Waals surface area contributed by atoms with Gasteiger partial charge in [-0.3, -0.25) is 4.79 Å². The number of aryl methyl sites for hydroxylation is 1. The number of nitrogens with zero attached hydrogens (tertiary/aromatic N) is 5. The summed E-state index contributed by atoms with van der Waals surface area (Å²) in [4.78, 5) is 27.4. The molecule has 1 atom stereocenters. The number of nitrogens with one attached hydrogen (secondary N) is 1. The Morgan fingerprint density at radius 1 is 1.14 bits per heavy atom. The van der Waals surface area contributed by atoms with Gasteiger partial charge in [-0.15, -0.1) is 5.01 Å². The van der Waals surface area contributed by atoms with Crippen LogP contribution in [0.25, 0.3) is 16.9 Å². The number of hydrogen-bond donors (Lipinski definition) is 1. The summed E-state index contributed by atoms with van der Waals surface area (Å²) in [5.41, 5.74) is 0.490. The van der Waals surface area contributed by atoms with Crippen molar-refractivity contribution in [3.05, 3.63) is 71.1 Å². The fourth-order valence-corrected chi connectivity index (χ4v) is 4.30. The first kappa shape index (κ1) is 33.6. The quantitative estimate of drug-likeness (QED) is 0.0750. The molecule has 44 heavy (non-hydrogen) atoms. The van der Waals surface area contributed by atoms with Crippen molar-refractivity contribution in [1.29, 1.82) is 0 Å². The summed E-state index contributed by atoms with van der Waals surface area (Å²) in [6.07, 6.45) is -5.96. The highest BCUT2D eigenvalue weighted by Crippen LogP contribution is 2.33. The Morgan fingerprint density at radius 3 is 2.36 bits per heavy atom. The first-order chi connectivity index (χ1) is 20.6. The first-order valence-corrected chi connectivity index (χ1v) is 14.3. The maximum absolute atomic E-state index is 13.5. The minimum absolute atomic E-state index is 0.00548. The Balaban J connectivity index is 1.66. The van der Waals surface area contributed by atoms with Crippen LogP contribution < -0.4 is 4.72 Å². The number of ether oxygens (including phenoxy) is 2. The van der Waals surface area contributed by atoms with Gasteiger partial charge in [0.05, 0.1) is 28.3 Å². The third-order valence-electron chi connectivity index (χ3n) is 6.01. The van der Waals surface area contributed by atoms with Crippen molar-refractivity contribution in [1.82, 2.24) is 19.5 Å². The van der Waals surface area contributed by atoms with Crippen LogP contribution in [-0.2, 0) is 35.3 Å². The molecule has 0 saturated heterocycles. The van der Waals surface area contributed by atoms with Crippen LogP contribution >= 0.6 is 0 Å². The minimum Gasteiger partial charge on any atom is -0.569 e. The fourth-order valence-electron chi connectivity index (χ4n) is 3.41. The normalized spacial score (nSPS) is 12.8. The van der Waals surface area contributed by atoms with Crippen LogP contribution in [0.4, 0.5) is 18.0 Å². The molecule has 0 saturated carbocycles. The smallest absolute Gasteiger partial charge is 0.435 e. The molecule has 0 spiro atoms. The number of sulfonamides is 1. The monoisotopic (exact) mass is 642 g/mol. The summed E-state index contributed by atoms with van der Waals surface area (Å²) < 4.78 is 78.1. The van der Waals surface area contributed by atoms with E-state index in [1.165, 1.54) is 26.1 Å². The average molecular weight is 643 g/mol. The van der Waals surface area contributed by atoms with Gasteiger partial charge in [-0.2, -0.15) is 18.3 Å². The molecular formula is C26H29F3N6O8S. The first-order valence-electron chi connectivity index (χ1n) is 12.8. The number of amides is 1. The zero-order valence-corrected chi connectivity index (χ0v) is 24.8. The molecule has 1 aromatic heterocycles. The Kier molecular flexibility index (Phi) is 10.8. The molecule has 0 fully saturated rings. The van der Waals surface area contributed by atoms with Crippen molar-refractivity contribution in [3.63, 3.8) is 0 Å². The standard InChI is InChI=1S/C26H29F3N6O8S/c1-5-24(36)42-16-43-32-35(38)33(4)18(3)15-41-25(37)31-44(39,40)21-12-10-20(11-13-21)34-22(14-23(30-34)26(27,28)29)19-8-6-17(2)7-9-19/h6-14,18H,5,15-16H2,1-4H3,(H,31,37)/t18-/m0/s1. The van der Waals surface area contributed by atoms with E-state index < -0.39 is 53.4 Å². The molecule has 18 heteroatoms. The molecule has 3 rings (SSSR count). The van der Waals surface area contributed by atoms with E-state index in [2.05, 4.69) is 20.0 Å². The molecule has 0 aliphatic heterocycles. The maximum atomic E-state index is 13.5. The van der Waals surface area contributed by atoms with E-state index in [9.17, 15) is 36.4 Å². The summed E-state index contributed by atoms with van der Waals surface area (Å²) in [5.74, 6) is -0.561. The van der Waals surface area contributed by atoms with E-state index in [-0.39, 0.29) is 27.7 Å². The van der Waals surface area contributed by atoms with E-state index in [1.807, 2.05) is 6.92 Å². The zero-order valence-electron chi connectivity index (χ0n) is 23.9. The summed E-state index contributed by atoms with van der Waals surface area (Å²) >= 11 is 0. The van der Waals surface area contributed by atoms with E-state index in [4.69, 9.17) is 4.74 Å². The van der Waals surface area contributed by atoms with Gasteiger partial charge < -0.3 is 19.5 Å². The molecule has 14 nitrogen and oxygen atoms in total. The van der Waals surface area contributed by atoms with Crippen molar-refractivity contribution in [2.75, 3.05) is 20.4 Å². The lowest BCUT2D eigenvalue weighted by Gasteiger charge is -2.20. The van der Waals surface area contributed by atoms with Crippen molar-refractivity contribution >= 4 is 22.1 Å². The van der Waals surface area contributed by atoms with E-state index in [0.29, 0.717) is 5.56 Å². The van der Waals surface area contributed by atoms with Gasteiger partial charge in [-0.05, 0) is 44.2 Å². The summed E-state index contributed by atoms with van der Waals surface area (Å²) in [7, 11) is -3.17. The van der Waals surface area contributed by atoms with Crippen molar-refractivity contribution in [2.24, 2.45) is 5.28 Å². The number of halogens is 3. The molecule has 0 unspecified atom stereocenters. The van der Waals surface area contributed by atoms with Crippen molar-refractivity contribution < 1.29 is 50.5 Å². The van der Waals surface area contributed by atoms with Crippen LogP contribution in [0, 0.1) is 12.1 Å². The fraction of sp³-hybridized carbons (Fsp3) is 0.346. The van der Waals surface area contributed by atoms with Crippen LogP contribution in [0.5, 0.6) is 0 Å². The van der Waals surface area contributed by atoms with Crippen LogP contribution in [0.1, 0.15) is 31.5 Å². The number of esters is 1. The Hall–Kier alpha value is -4.87. The SMILES string of the molecule is CCC(=O)OCON=[N+]([O-])N(C)[C@@H](C)COC(=O)NS(=O)(=O)c1ccc(-n2nc(C(F)(F)F)cc2-c2ccc(C)cc2)cc1. The second kappa shape index (κ2) is 14.1. The zero-order chi connectivity index (χ0) is 32.7. The predicted molar refractivity (Wildman–Crippen MR) is 146 cm³/mol. The molecule has 1 amide bonds. The summed E-state index contributed by atoms with van der Waals surface area (Å²) in [6.45, 7) is 3.82. The van der Waals surface area contributed by atoms with Crippen molar-refractivity contribution in [2.45, 2.75) is 44.3 Å². The van der Waals surface area contributed by atoms with Gasteiger partial charge in [0.15, 0.2) is 5.69 Å². The number of alkyl halides is 3. The molecular weight excluding hydrogens is 613 g/mol. The Labute approximate surface area is 250 Å². The second-order valence-electron chi connectivity index (χ2n) is 9.26. The number of hydrazine groups is 1. The van der Waals surface area contributed by atoms with Gasteiger partial charge in [0, 0.05) is 12.0 Å². The highest BCUT2D eigenvalue weighted by molar-refractivity contribution is 7.90. The number of carbonyl (C=O) groups is 2. The van der Waals surface area contributed by atoms with Gasteiger partial charge >= 0.3 is 18.2 Å². The van der Waals surface area contributed by atoms with Crippen LogP contribution in [0.2, 0.25) is 0 Å². The molecule has 238 valence electrons. The van der Waals surface area contributed by atoms with Crippen molar-refractivity contribution in [3.8, 4) is 16.9 Å². The number of aromatic nitrogens is 2. The number of benzene rings is 2. The van der Waals surface area contributed by atoms with E-state index in [0.717, 1.165) is 33.5 Å². The predicted octanol–water partition coefficient (Wildman–Crippen LogP) is 4.32. The topological polar surface area (TPSA) is 167 Å². The molecule has 1 heterocycles. The molecule has 1 N–H and O–H groups in total. The maximum Gasteiger partial charge on any atom is 0.435 e. The second-order valence-corrected chi connectivity index (χ2v) is 10.9. The van der Waals surface area contributed by atoms with Gasteiger partial charge in [0.2, 0.25) is 5.28 Å². The lowest BCUT2D eigenvalue weighted by molar-refractivity contribution is -0.713. The average Bonchev–Trinajstić information content (AvgIpc) is 3.44. The molecule has 0 aliphatic carbocycles. The lowest BCUT2D eigenvalue weighted by Crippen LogP contribution is -2.40. The Bertz CT molecular complexity index is 1590. The highest BCUT2D eigenvalue weighted by Gasteiger charge is 2.35. The van der Waals surface area contributed by atoms with Gasteiger partial charge in [-0.25, -0.2) is 22.6 Å². The number of carbonyl (C=O) groups excluding carboxylic acids is 2. The van der Waals surface area contributed by atoms with Crippen LogP contribution in [0.15, 0.2) is 64.8 Å². The van der Waals surface area contributed by atoms with Crippen LogP contribution in [0.3, 0.4) is 0 Å². The lowest BCUT2D eigenvalue weighted by atomic mass is 10.1. The molecule has 2 aromatic carbocycles. The Morgan fingerprint density at radius 2 is 1.77 bits per heavy atom. The van der Waals surface area contributed by atoms with Gasteiger partial charge in [-0.1, -0.05) is 36.8 Å². The van der Waals surface area contributed by atoms with Gasteiger partial charge in [0.1, 0.15) is 12.6 Å². The molecule has 0 bridgehead atoms. The summed E-state index contributed by atoms with van der Waals surface area (Å²) in [5, 5.41) is 19.7. The summed E-state index contributed by atoms with van der Waals surface area (Å²) in [6, 6.07) is 11.5.